The van der Waals surface area contributed by atoms with Crippen LogP contribution in [0.15, 0.2) is 72.8 Å². The Hall–Kier alpha value is -3.50. The van der Waals surface area contributed by atoms with E-state index in [1.165, 1.54) is 28.7 Å². The summed E-state index contributed by atoms with van der Waals surface area (Å²) in [5.41, 5.74) is 8.63. The topological polar surface area (TPSA) is 38.2 Å². The average molecular weight is 492 g/mol. The third kappa shape index (κ3) is 5.30. The van der Waals surface area contributed by atoms with Gasteiger partial charge in [-0.3, -0.25) is 4.90 Å². The largest absolute Gasteiger partial charge is 0.439 e. The van der Waals surface area contributed by atoms with E-state index in [0.717, 1.165) is 60.6 Å². The van der Waals surface area contributed by atoms with Gasteiger partial charge in [-0.1, -0.05) is 74.5 Å². The molecule has 1 aliphatic carbocycles. The van der Waals surface area contributed by atoms with E-state index >= 15 is 0 Å². The van der Waals surface area contributed by atoms with Gasteiger partial charge >= 0.3 is 0 Å². The summed E-state index contributed by atoms with van der Waals surface area (Å²) in [6.45, 7) is 7.21. The van der Waals surface area contributed by atoms with E-state index in [-0.39, 0.29) is 0 Å². The summed E-state index contributed by atoms with van der Waals surface area (Å²) in [5.74, 6) is 2.20. The highest BCUT2D eigenvalue weighted by Gasteiger charge is 2.26. The van der Waals surface area contributed by atoms with Gasteiger partial charge in [0.1, 0.15) is 5.75 Å². The molecule has 190 valence electrons. The third-order valence-electron chi connectivity index (χ3n) is 7.63. The van der Waals surface area contributed by atoms with E-state index in [2.05, 4.69) is 75.2 Å². The maximum absolute atomic E-state index is 6.48. The molecule has 0 fully saturated rings. The molecule has 0 bridgehead atoms. The van der Waals surface area contributed by atoms with Crippen LogP contribution < -0.4 is 4.74 Å². The molecule has 1 unspecified atom stereocenters. The van der Waals surface area contributed by atoms with E-state index in [0.29, 0.717) is 11.9 Å². The number of fused-ring (bicyclic) bond motifs is 1. The van der Waals surface area contributed by atoms with Crippen LogP contribution in [0.25, 0.3) is 11.4 Å². The molecule has 0 amide bonds. The van der Waals surface area contributed by atoms with Crippen molar-refractivity contribution in [1.29, 1.82) is 0 Å². The average Bonchev–Trinajstić information content (AvgIpc) is 2.94. The van der Waals surface area contributed by atoms with Gasteiger partial charge in [-0.15, -0.1) is 0 Å². The molecule has 37 heavy (non-hydrogen) atoms. The molecule has 1 heterocycles. The molecule has 3 aromatic carbocycles. The first-order chi connectivity index (χ1) is 18.1. The first-order valence-corrected chi connectivity index (χ1v) is 13.6. The second-order valence-electron chi connectivity index (χ2n) is 10.0. The second-order valence-corrected chi connectivity index (χ2v) is 10.0. The second kappa shape index (κ2) is 11.3. The summed E-state index contributed by atoms with van der Waals surface area (Å²) in [4.78, 5) is 12.6. The van der Waals surface area contributed by atoms with Gasteiger partial charge < -0.3 is 4.74 Å². The molecule has 0 N–H and O–H groups in total. The number of nitrogens with zero attached hydrogens (tertiary/aromatic N) is 3. The van der Waals surface area contributed by atoms with Crippen LogP contribution in [-0.2, 0) is 25.8 Å². The molecule has 4 aromatic rings. The molecule has 0 saturated heterocycles. The summed E-state index contributed by atoms with van der Waals surface area (Å²) >= 11 is 0. The molecule has 1 aromatic heterocycles. The fraction of sp³-hybridized carbons (Fsp3) is 0.333. The summed E-state index contributed by atoms with van der Waals surface area (Å²) in [6, 6.07) is 25.7. The van der Waals surface area contributed by atoms with Gasteiger partial charge in [0.25, 0.3) is 0 Å². The quantitative estimate of drug-likeness (QED) is 0.251. The molecule has 0 radical (unpaired) electrons. The third-order valence-corrected chi connectivity index (χ3v) is 7.63. The van der Waals surface area contributed by atoms with E-state index in [9.17, 15) is 0 Å². The Bertz CT molecular complexity index is 1340. The van der Waals surface area contributed by atoms with Crippen LogP contribution in [0, 0.1) is 6.92 Å². The minimum Gasteiger partial charge on any atom is -0.439 e. The number of benzene rings is 3. The fourth-order valence-electron chi connectivity index (χ4n) is 5.62. The number of aromatic nitrogens is 2. The molecule has 0 aliphatic heterocycles. The zero-order chi connectivity index (χ0) is 25.8. The highest BCUT2D eigenvalue weighted by molar-refractivity contribution is 5.66. The van der Waals surface area contributed by atoms with E-state index in [4.69, 9.17) is 14.7 Å². The van der Waals surface area contributed by atoms with Crippen molar-refractivity contribution in [2.45, 2.75) is 65.5 Å². The van der Waals surface area contributed by atoms with E-state index < -0.39 is 0 Å². The standard InChI is InChI=1S/C33H37N3O/c1-5-24-15-12-16-25(6-2)31(24)32-34-23(3)29(33(35-32)37-27-18-8-7-9-19-27)22-36(4)30-21-13-17-26-14-10-11-20-28(26)30/h7-12,14-16,18-20,30H,5-6,13,17,21-22H2,1-4H3. The van der Waals surface area contributed by atoms with Crippen LogP contribution in [0.2, 0.25) is 0 Å². The van der Waals surface area contributed by atoms with Crippen molar-refractivity contribution in [3.63, 3.8) is 0 Å². The summed E-state index contributed by atoms with van der Waals surface area (Å²) < 4.78 is 6.48. The summed E-state index contributed by atoms with van der Waals surface area (Å²) in [5, 5.41) is 0. The highest BCUT2D eigenvalue weighted by Crippen LogP contribution is 2.37. The van der Waals surface area contributed by atoms with Crippen LogP contribution >= 0.6 is 0 Å². The lowest BCUT2D eigenvalue weighted by molar-refractivity contribution is 0.210. The Balaban J connectivity index is 1.57. The van der Waals surface area contributed by atoms with E-state index in [1.54, 1.807) is 0 Å². The lowest BCUT2D eigenvalue weighted by atomic mass is 9.87. The van der Waals surface area contributed by atoms with Gasteiger partial charge in [0.2, 0.25) is 5.88 Å². The molecule has 4 heteroatoms. The SMILES string of the molecule is CCc1cccc(CC)c1-c1nc(C)c(CN(C)C2CCCc3ccccc32)c(Oc2ccccc2)n1. The van der Waals surface area contributed by atoms with Crippen LogP contribution in [0.5, 0.6) is 11.6 Å². The number of rotatable bonds is 8. The zero-order valence-electron chi connectivity index (χ0n) is 22.5. The lowest BCUT2D eigenvalue weighted by Crippen LogP contribution is -2.28. The van der Waals surface area contributed by atoms with Crippen molar-refractivity contribution in [1.82, 2.24) is 14.9 Å². The zero-order valence-corrected chi connectivity index (χ0v) is 22.5. The highest BCUT2D eigenvalue weighted by atomic mass is 16.5. The minimum absolute atomic E-state index is 0.376. The van der Waals surface area contributed by atoms with Gasteiger partial charge in [-0.25, -0.2) is 4.98 Å². The predicted octanol–water partition coefficient (Wildman–Crippen LogP) is 7.88. The first kappa shape index (κ1) is 25.2. The Morgan fingerprint density at radius 1 is 0.865 bits per heavy atom. The smallest absolute Gasteiger partial charge is 0.227 e. The van der Waals surface area contributed by atoms with Crippen LogP contribution in [0.3, 0.4) is 0 Å². The predicted molar refractivity (Wildman–Crippen MR) is 151 cm³/mol. The van der Waals surface area contributed by atoms with Crippen LogP contribution in [0.1, 0.15) is 66.2 Å². The van der Waals surface area contributed by atoms with Crippen molar-refractivity contribution >= 4 is 0 Å². The molecule has 0 spiro atoms. The molecule has 0 saturated carbocycles. The van der Waals surface area contributed by atoms with Gasteiger partial charge in [0.15, 0.2) is 5.82 Å². The number of hydrogen-bond acceptors (Lipinski definition) is 4. The Morgan fingerprint density at radius 3 is 2.30 bits per heavy atom. The first-order valence-electron chi connectivity index (χ1n) is 13.6. The van der Waals surface area contributed by atoms with Crippen LogP contribution in [0.4, 0.5) is 0 Å². The van der Waals surface area contributed by atoms with Crippen molar-refractivity contribution in [2.24, 2.45) is 0 Å². The summed E-state index contributed by atoms with van der Waals surface area (Å²) in [7, 11) is 2.22. The Kier molecular flexibility index (Phi) is 7.66. The molecular formula is C33H37N3O. The van der Waals surface area contributed by atoms with Crippen molar-refractivity contribution < 1.29 is 4.74 Å². The molecule has 4 nitrogen and oxygen atoms in total. The minimum atomic E-state index is 0.376. The molecular weight excluding hydrogens is 454 g/mol. The van der Waals surface area contributed by atoms with Crippen molar-refractivity contribution in [2.75, 3.05) is 7.05 Å². The van der Waals surface area contributed by atoms with Gasteiger partial charge in [0, 0.05) is 23.8 Å². The number of hydrogen-bond donors (Lipinski definition) is 0. The number of para-hydroxylation sites is 1. The Labute approximate surface area is 221 Å². The van der Waals surface area contributed by atoms with Gasteiger partial charge in [0.05, 0.1) is 5.56 Å². The van der Waals surface area contributed by atoms with Crippen molar-refractivity contribution in [3.8, 4) is 23.0 Å². The molecule has 1 atom stereocenters. The van der Waals surface area contributed by atoms with E-state index in [1.807, 2.05) is 30.3 Å². The van der Waals surface area contributed by atoms with Gasteiger partial charge in [-0.05, 0) is 80.5 Å². The van der Waals surface area contributed by atoms with Crippen LogP contribution in [-0.4, -0.2) is 21.9 Å². The van der Waals surface area contributed by atoms with Gasteiger partial charge in [-0.2, -0.15) is 4.98 Å². The van der Waals surface area contributed by atoms with Crippen molar-refractivity contribution in [3.05, 3.63) is 106 Å². The number of ether oxygens (including phenoxy) is 1. The maximum atomic E-state index is 6.48. The monoisotopic (exact) mass is 491 g/mol. The molecule has 5 rings (SSSR count). The summed E-state index contributed by atoms with van der Waals surface area (Å²) in [6.07, 6.45) is 5.40. The normalized spacial score (nSPS) is 15.0. The fourth-order valence-corrected chi connectivity index (χ4v) is 5.62. The number of aryl methyl sites for hydroxylation is 4. The lowest BCUT2D eigenvalue weighted by Gasteiger charge is -2.33. The maximum Gasteiger partial charge on any atom is 0.227 e. The Morgan fingerprint density at radius 2 is 1.57 bits per heavy atom. The molecule has 1 aliphatic rings.